The molecule has 5 nitrogen and oxygen atoms in total. The number of aromatic nitrogens is 1. The maximum atomic E-state index is 11.2. The van der Waals surface area contributed by atoms with Crippen molar-refractivity contribution < 1.29 is 19.7 Å². The Morgan fingerprint density at radius 1 is 1.33 bits per heavy atom. The number of ether oxygens (including phenoxy) is 1. The monoisotopic (exact) mass is 273 g/mol. The molecule has 84 valence electrons. The second-order valence-corrected chi connectivity index (χ2v) is 5.07. The predicted molar refractivity (Wildman–Crippen MR) is 54.8 cm³/mol. The molecule has 0 aromatic carbocycles. The molecule has 0 radical (unpaired) electrons. The van der Waals surface area contributed by atoms with Gasteiger partial charge in [0.25, 0.3) is 0 Å². The van der Waals surface area contributed by atoms with E-state index in [1.807, 2.05) is 0 Å². The summed E-state index contributed by atoms with van der Waals surface area (Å²) in [5, 5.41) is 18.3. The molecule has 0 saturated carbocycles. The highest BCUT2D eigenvalue weighted by molar-refractivity contribution is 6.67. The highest BCUT2D eigenvalue weighted by Gasteiger charge is 2.24. The summed E-state index contributed by atoms with van der Waals surface area (Å²) < 4.78 is 3.30. The summed E-state index contributed by atoms with van der Waals surface area (Å²) >= 11 is 16.0. The van der Waals surface area contributed by atoms with Crippen LogP contribution >= 0.6 is 34.8 Å². The van der Waals surface area contributed by atoms with E-state index < -0.39 is 28.3 Å². The Morgan fingerprint density at radius 2 is 1.80 bits per heavy atom. The largest absolute Gasteiger partial charge is 0.494 e. The summed E-state index contributed by atoms with van der Waals surface area (Å²) in [7, 11) is 0. The van der Waals surface area contributed by atoms with Gasteiger partial charge in [-0.05, 0) is 0 Å². The molecule has 0 spiro atoms. The number of hydrogen-bond donors (Lipinski definition) is 2. The van der Waals surface area contributed by atoms with Crippen molar-refractivity contribution in [1.82, 2.24) is 4.57 Å². The normalized spacial score (nSPS) is 11.4. The van der Waals surface area contributed by atoms with Crippen molar-refractivity contribution in [2.24, 2.45) is 0 Å². The Kier molecular flexibility index (Phi) is 3.59. The average Bonchev–Trinajstić information content (AvgIpc) is 2.41. The van der Waals surface area contributed by atoms with E-state index >= 15 is 0 Å². The molecule has 0 saturated heterocycles. The average molecular weight is 274 g/mol. The first kappa shape index (κ1) is 12.3. The molecule has 1 aromatic heterocycles. The number of carbonyl (C=O) groups excluding carboxylic acids is 1. The minimum absolute atomic E-state index is 0.471. The van der Waals surface area contributed by atoms with E-state index in [0.29, 0.717) is 4.57 Å². The van der Waals surface area contributed by atoms with Gasteiger partial charge >= 0.3 is 6.09 Å². The minimum atomic E-state index is -1.74. The Bertz CT molecular complexity index is 351. The first-order valence-electron chi connectivity index (χ1n) is 3.65. The van der Waals surface area contributed by atoms with E-state index in [4.69, 9.17) is 45.0 Å². The van der Waals surface area contributed by atoms with Gasteiger partial charge in [-0.2, -0.15) is 4.57 Å². The zero-order valence-corrected chi connectivity index (χ0v) is 9.42. The maximum absolute atomic E-state index is 11.2. The fourth-order valence-corrected chi connectivity index (χ4v) is 0.974. The standard InChI is InChI=1S/C7H6Cl3NO4/c8-7(9,10)3-15-6(14)11-4(12)1-2-5(11)13/h1-2,12-13H,3H2. The van der Waals surface area contributed by atoms with Gasteiger partial charge in [-0.3, -0.25) is 0 Å². The molecule has 0 atom stereocenters. The molecule has 2 N–H and O–H groups in total. The summed E-state index contributed by atoms with van der Waals surface area (Å²) in [6.45, 7) is -0.492. The van der Waals surface area contributed by atoms with Gasteiger partial charge in [0.2, 0.25) is 15.6 Å². The van der Waals surface area contributed by atoms with Crippen molar-refractivity contribution in [3.63, 3.8) is 0 Å². The second kappa shape index (κ2) is 4.38. The van der Waals surface area contributed by atoms with Gasteiger partial charge in [-0.15, -0.1) is 0 Å². The minimum Gasteiger partial charge on any atom is -0.494 e. The molecule has 1 rings (SSSR count). The highest BCUT2D eigenvalue weighted by Crippen LogP contribution is 2.27. The van der Waals surface area contributed by atoms with Crippen LogP contribution in [0.25, 0.3) is 0 Å². The van der Waals surface area contributed by atoms with Crippen molar-refractivity contribution in [2.75, 3.05) is 6.61 Å². The summed E-state index contributed by atoms with van der Waals surface area (Å²) in [4.78, 5) is 11.2. The van der Waals surface area contributed by atoms with Crippen molar-refractivity contribution in [3.8, 4) is 11.8 Å². The Morgan fingerprint density at radius 3 is 2.20 bits per heavy atom. The van der Waals surface area contributed by atoms with E-state index in [2.05, 4.69) is 4.74 Å². The Labute approximate surface area is 99.7 Å². The lowest BCUT2D eigenvalue weighted by Crippen LogP contribution is -2.20. The van der Waals surface area contributed by atoms with Crippen LogP contribution in [-0.2, 0) is 4.74 Å². The molecule has 0 aliphatic heterocycles. The molecule has 1 heterocycles. The molecule has 0 fully saturated rings. The molecule has 15 heavy (non-hydrogen) atoms. The van der Waals surface area contributed by atoms with Crippen LogP contribution in [0.5, 0.6) is 11.8 Å². The second-order valence-electron chi connectivity index (χ2n) is 2.55. The van der Waals surface area contributed by atoms with Gasteiger partial charge in [0, 0.05) is 12.1 Å². The number of halogens is 3. The lowest BCUT2D eigenvalue weighted by molar-refractivity contribution is 0.145. The third-order valence-corrected chi connectivity index (χ3v) is 1.71. The van der Waals surface area contributed by atoms with Crippen LogP contribution < -0.4 is 0 Å². The van der Waals surface area contributed by atoms with E-state index in [-0.39, 0.29) is 0 Å². The van der Waals surface area contributed by atoms with Crippen LogP contribution in [0.15, 0.2) is 12.1 Å². The van der Waals surface area contributed by atoms with Crippen molar-refractivity contribution in [3.05, 3.63) is 12.1 Å². The van der Waals surface area contributed by atoms with E-state index in [1.165, 1.54) is 0 Å². The van der Waals surface area contributed by atoms with Gasteiger partial charge in [-0.25, -0.2) is 4.79 Å². The molecule has 0 aliphatic rings. The molecule has 0 amide bonds. The fourth-order valence-electron chi connectivity index (χ4n) is 0.811. The van der Waals surface area contributed by atoms with Gasteiger partial charge in [0.05, 0.1) is 0 Å². The maximum Gasteiger partial charge on any atom is 0.423 e. The smallest absolute Gasteiger partial charge is 0.423 e. The highest BCUT2D eigenvalue weighted by atomic mass is 35.6. The van der Waals surface area contributed by atoms with Crippen LogP contribution in [0.4, 0.5) is 4.79 Å². The quantitative estimate of drug-likeness (QED) is 0.771. The van der Waals surface area contributed by atoms with E-state index in [1.54, 1.807) is 0 Å². The molecule has 8 heteroatoms. The van der Waals surface area contributed by atoms with Gasteiger partial charge in [0.1, 0.15) is 6.61 Å². The SMILES string of the molecule is O=C(OCC(Cl)(Cl)Cl)n1c(O)ccc1O. The van der Waals surface area contributed by atoms with Gasteiger partial charge < -0.3 is 14.9 Å². The summed E-state index contributed by atoms with van der Waals surface area (Å²) in [6, 6.07) is 2.23. The molecular formula is C7H6Cl3NO4. The molecule has 1 aromatic rings. The first-order valence-corrected chi connectivity index (χ1v) is 4.78. The zero-order valence-electron chi connectivity index (χ0n) is 7.15. The van der Waals surface area contributed by atoms with Crippen LogP contribution in [0.3, 0.4) is 0 Å². The van der Waals surface area contributed by atoms with Crippen LogP contribution in [0.2, 0.25) is 0 Å². The molecule has 0 aliphatic carbocycles. The number of carbonyl (C=O) groups is 1. The predicted octanol–water partition coefficient (Wildman–Crippen LogP) is 2.25. The number of alkyl halides is 3. The summed E-state index contributed by atoms with van der Waals surface area (Å²) in [6.07, 6.45) is -1.04. The third kappa shape index (κ3) is 3.37. The lowest BCUT2D eigenvalue weighted by Gasteiger charge is -2.12. The molecule has 0 bridgehead atoms. The fraction of sp³-hybridized carbons (Fsp3) is 0.286. The summed E-state index contributed by atoms with van der Waals surface area (Å²) in [5.74, 6) is -0.941. The van der Waals surface area contributed by atoms with Crippen LogP contribution in [0.1, 0.15) is 0 Å². The molecule has 0 unspecified atom stereocenters. The van der Waals surface area contributed by atoms with Gasteiger partial charge in [-0.1, -0.05) is 34.8 Å². The lowest BCUT2D eigenvalue weighted by atomic mass is 10.6. The zero-order chi connectivity index (χ0) is 11.6. The number of nitrogens with zero attached hydrogens (tertiary/aromatic N) is 1. The van der Waals surface area contributed by atoms with Crippen molar-refractivity contribution in [1.29, 1.82) is 0 Å². The van der Waals surface area contributed by atoms with Crippen molar-refractivity contribution in [2.45, 2.75) is 3.79 Å². The third-order valence-electron chi connectivity index (χ3n) is 1.38. The molecular weight excluding hydrogens is 268 g/mol. The summed E-state index contributed by atoms with van der Waals surface area (Å²) in [5.41, 5.74) is 0. The van der Waals surface area contributed by atoms with Crippen LogP contribution in [0, 0.1) is 0 Å². The number of rotatable bonds is 1. The van der Waals surface area contributed by atoms with Gasteiger partial charge in [0.15, 0.2) is 0 Å². The number of aromatic hydroxyl groups is 2. The van der Waals surface area contributed by atoms with E-state index in [9.17, 15) is 4.79 Å². The Hall–Kier alpha value is -0.780. The first-order chi connectivity index (χ1) is 6.81. The van der Waals surface area contributed by atoms with Crippen molar-refractivity contribution >= 4 is 40.9 Å². The van der Waals surface area contributed by atoms with Crippen LogP contribution in [-0.4, -0.2) is 31.3 Å². The van der Waals surface area contributed by atoms with E-state index in [0.717, 1.165) is 12.1 Å². The topological polar surface area (TPSA) is 71.7 Å². The number of hydrogen-bond acceptors (Lipinski definition) is 4. The Balaban J connectivity index is 2.70.